The summed E-state index contributed by atoms with van der Waals surface area (Å²) in [6.07, 6.45) is 1.38. The Kier molecular flexibility index (Phi) is 4.25. The van der Waals surface area contributed by atoms with E-state index in [9.17, 15) is 9.90 Å². The zero-order valence-corrected chi connectivity index (χ0v) is 12.8. The third-order valence-corrected chi connectivity index (χ3v) is 4.30. The predicted octanol–water partition coefficient (Wildman–Crippen LogP) is 3.40. The molecule has 3 nitrogen and oxygen atoms in total. The smallest absolute Gasteiger partial charge is 0.227 e. The Balaban J connectivity index is 1.78. The summed E-state index contributed by atoms with van der Waals surface area (Å²) in [5.74, 6) is 0.131. The first kappa shape index (κ1) is 14.8. The van der Waals surface area contributed by atoms with Crippen molar-refractivity contribution in [1.29, 1.82) is 0 Å². The van der Waals surface area contributed by atoms with Gasteiger partial charge in [-0.05, 0) is 30.9 Å². The zero-order chi connectivity index (χ0) is 15.5. The van der Waals surface area contributed by atoms with Gasteiger partial charge in [0.15, 0.2) is 0 Å². The molecule has 1 aliphatic heterocycles. The Morgan fingerprint density at radius 2 is 1.95 bits per heavy atom. The number of nitrogens with zero attached hydrogens (tertiary/aromatic N) is 1. The molecule has 1 N–H and O–H groups in total. The molecule has 0 aromatic heterocycles. The Hall–Kier alpha value is -2.13. The number of carbonyl (C=O) groups is 1. The molecule has 0 radical (unpaired) electrons. The second-order valence-corrected chi connectivity index (χ2v) is 5.85. The van der Waals surface area contributed by atoms with Gasteiger partial charge in [0.25, 0.3) is 0 Å². The van der Waals surface area contributed by atoms with Gasteiger partial charge in [0.05, 0.1) is 11.8 Å². The molecule has 0 spiro atoms. The van der Waals surface area contributed by atoms with Crippen LogP contribution in [0.5, 0.6) is 0 Å². The van der Waals surface area contributed by atoms with Gasteiger partial charge in [0, 0.05) is 18.5 Å². The standard InChI is InChI=1S/C19H21NO2/c1-14-6-5-9-16-17(21)12-13-20(19(14)16)18(22)11-10-15-7-3-2-4-8-15/h2-9,17,21H,10-13H2,1H3. The molecule has 114 valence electrons. The first-order chi connectivity index (χ1) is 10.7. The maximum Gasteiger partial charge on any atom is 0.227 e. The molecular formula is C19H21NO2. The fourth-order valence-corrected chi connectivity index (χ4v) is 3.12. The minimum absolute atomic E-state index is 0.131. The minimum atomic E-state index is -0.465. The molecule has 0 saturated heterocycles. The van der Waals surface area contributed by atoms with Crippen molar-refractivity contribution in [3.05, 3.63) is 65.2 Å². The molecule has 0 fully saturated rings. The number of hydrogen-bond acceptors (Lipinski definition) is 2. The monoisotopic (exact) mass is 295 g/mol. The van der Waals surface area contributed by atoms with Crippen molar-refractivity contribution in [1.82, 2.24) is 0 Å². The molecule has 22 heavy (non-hydrogen) atoms. The Morgan fingerprint density at radius 1 is 1.18 bits per heavy atom. The third-order valence-electron chi connectivity index (χ3n) is 4.30. The van der Waals surface area contributed by atoms with Gasteiger partial charge in [0.2, 0.25) is 5.91 Å². The fraction of sp³-hybridized carbons (Fsp3) is 0.316. The van der Waals surface area contributed by atoms with E-state index >= 15 is 0 Å². The number of fused-ring (bicyclic) bond motifs is 1. The lowest BCUT2D eigenvalue weighted by Gasteiger charge is -2.33. The van der Waals surface area contributed by atoms with Crippen LogP contribution in [0.3, 0.4) is 0 Å². The van der Waals surface area contributed by atoms with Crippen molar-refractivity contribution in [3.63, 3.8) is 0 Å². The maximum absolute atomic E-state index is 12.6. The summed E-state index contributed by atoms with van der Waals surface area (Å²) >= 11 is 0. The number of aryl methyl sites for hydroxylation is 2. The number of carbonyl (C=O) groups excluding carboxylic acids is 1. The normalized spacial score (nSPS) is 17.2. The average molecular weight is 295 g/mol. The second kappa shape index (κ2) is 6.32. The van der Waals surface area contributed by atoms with E-state index in [-0.39, 0.29) is 5.91 Å². The number of hydrogen-bond donors (Lipinski definition) is 1. The SMILES string of the molecule is Cc1cccc2c1N(C(=O)CCc1ccccc1)CCC2O. The molecule has 3 heteroatoms. The van der Waals surface area contributed by atoms with Crippen molar-refractivity contribution < 1.29 is 9.90 Å². The van der Waals surface area contributed by atoms with Gasteiger partial charge in [-0.1, -0.05) is 48.5 Å². The molecule has 1 heterocycles. The van der Waals surface area contributed by atoms with E-state index in [1.54, 1.807) is 0 Å². The fourth-order valence-electron chi connectivity index (χ4n) is 3.12. The van der Waals surface area contributed by atoms with E-state index in [1.807, 2.05) is 60.4 Å². The highest BCUT2D eigenvalue weighted by Crippen LogP contribution is 2.36. The lowest BCUT2D eigenvalue weighted by molar-refractivity contribution is -0.118. The highest BCUT2D eigenvalue weighted by atomic mass is 16.3. The van der Waals surface area contributed by atoms with Gasteiger partial charge in [-0.3, -0.25) is 4.79 Å². The maximum atomic E-state index is 12.6. The molecule has 1 aliphatic rings. The van der Waals surface area contributed by atoms with Crippen molar-refractivity contribution in [2.75, 3.05) is 11.4 Å². The quantitative estimate of drug-likeness (QED) is 0.943. The van der Waals surface area contributed by atoms with Gasteiger partial charge in [-0.2, -0.15) is 0 Å². The van der Waals surface area contributed by atoms with Crippen LogP contribution < -0.4 is 4.90 Å². The molecule has 1 atom stereocenters. The molecule has 1 unspecified atom stereocenters. The van der Waals surface area contributed by atoms with Crippen LogP contribution in [0.4, 0.5) is 5.69 Å². The highest BCUT2D eigenvalue weighted by Gasteiger charge is 2.28. The number of para-hydroxylation sites is 1. The Bertz CT molecular complexity index is 666. The number of anilines is 1. The molecule has 0 saturated carbocycles. The van der Waals surface area contributed by atoms with E-state index < -0.39 is 6.10 Å². The molecular weight excluding hydrogens is 274 g/mol. The van der Waals surface area contributed by atoms with Crippen LogP contribution in [0, 0.1) is 6.92 Å². The van der Waals surface area contributed by atoms with Crippen LogP contribution in [-0.2, 0) is 11.2 Å². The summed E-state index contributed by atoms with van der Waals surface area (Å²) in [5.41, 5.74) is 4.00. The molecule has 0 aliphatic carbocycles. The summed E-state index contributed by atoms with van der Waals surface area (Å²) in [4.78, 5) is 14.5. The van der Waals surface area contributed by atoms with Crippen LogP contribution in [-0.4, -0.2) is 17.6 Å². The van der Waals surface area contributed by atoms with Crippen LogP contribution in [0.15, 0.2) is 48.5 Å². The van der Waals surface area contributed by atoms with E-state index in [0.717, 1.165) is 23.2 Å². The number of rotatable bonds is 3. The van der Waals surface area contributed by atoms with E-state index in [0.29, 0.717) is 19.4 Å². The lowest BCUT2D eigenvalue weighted by Crippen LogP contribution is -2.37. The van der Waals surface area contributed by atoms with Gasteiger partial charge >= 0.3 is 0 Å². The van der Waals surface area contributed by atoms with Gasteiger partial charge < -0.3 is 10.0 Å². The van der Waals surface area contributed by atoms with E-state index in [4.69, 9.17) is 0 Å². The second-order valence-electron chi connectivity index (χ2n) is 5.85. The third kappa shape index (κ3) is 2.90. The Labute approximate surface area is 131 Å². The van der Waals surface area contributed by atoms with E-state index in [1.165, 1.54) is 5.56 Å². The van der Waals surface area contributed by atoms with E-state index in [2.05, 4.69) is 0 Å². The van der Waals surface area contributed by atoms with Crippen LogP contribution in [0.1, 0.15) is 35.6 Å². The summed E-state index contributed by atoms with van der Waals surface area (Å²) in [6, 6.07) is 15.9. The first-order valence-electron chi connectivity index (χ1n) is 7.78. The predicted molar refractivity (Wildman–Crippen MR) is 87.9 cm³/mol. The van der Waals surface area contributed by atoms with Crippen molar-refractivity contribution >= 4 is 11.6 Å². The number of aliphatic hydroxyl groups excluding tert-OH is 1. The van der Waals surface area contributed by atoms with Gasteiger partial charge in [-0.15, -0.1) is 0 Å². The number of aliphatic hydroxyl groups is 1. The van der Waals surface area contributed by atoms with Crippen LogP contribution in [0.2, 0.25) is 0 Å². The van der Waals surface area contributed by atoms with Crippen molar-refractivity contribution in [3.8, 4) is 0 Å². The summed E-state index contributed by atoms with van der Waals surface area (Å²) < 4.78 is 0. The van der Waals surface area contributed by atoms with Gasteiger partial charge in [0.1, 0.15) is 0 Å². The summed E-state index contributed by atoms with van der Waals surface area (Å²) in [6.45, 7) is 2.58. The lowest BCUT2D eigenvalue weighted by atomic mass is 9.95. The largest absolute Gasteiger partial charge is 0.388 e. The topological polar surface area (TPSA) is 40.5 Å². The van der Waals surface area contributed by atoms with Crippen molar-refractivity contribution in [2.45, 2.75) is 32.3 Å². The van der Waals surface area contributed by atoms with Crippen molar-refractivity contribution in [2.24, 2.45) is 0 Å². The van der Waals surface area contributed by atoms with Crippen LogP contribution in [0.25, 0.3) is 0 Å². The molecule has 2 aromatic rings. The number of amides is 1. The molecule has 0 bridgehead atoms. The molecule has 1 amide bonds. The highest BCUT2D eigenvalue weighted by molar-refractivity contribution is 5.95. The first-order valence-corrected chi connectivity index (χ1v) is 7.78. The average Bonchev–Trinajstić information content (AvgIpc) is 2.55. The Morgan fingerprint density at radius 3 is 2.73 bits per heavy atom. The van der Waals surface area contributed by atoms with Gasteiger partial charge in [-0.25, -0.2) is 0 Å². The summed E-state index contributed by atoms with van der Waals surface area (Å²) in [7, 11) is 0. The summed E-state index contributed by atoms with van der Waals surface area (Å²) in [5, 5.41) is 10.2. The molecule has 3 rings (SSSR count). The zero-order valence-electron chi connectivity index (χ0n) is 12.8. The number of benzene rings is 2. The van der Waals surface area contributed by atoms with Crippen LogP contribution >= 0.6 is 0 Å². The minimum Gasteiger partial charge on any atom is -0.388 e. The molecule has 2 aromatic carbocycles.